The summed E-state index contributed by atoms with van der Waals surface area (Å²) >= 11 is 0. The zero-order valence-electron chi connectivity index (χ0n) is 20.8. The maximum Gasteiger partial charge on any atom is 0.320 e. The molecule has 0 N–H and O–H groups in total. The smallest absolute Gasteiger partial charge is 0.320 e. The summed E-state index contributed by atoms with van der Waals surface area (Å²) in [5.41, 5.74) is 3.83. The third-order valence-corrected chi connectivity index (χ3v) is 7.83. The van der Waals surface area contributed by atoms with E-state index < -0.39 is 0 Å². The highest BCUT2D eigenvalue weighted by Gasteiger charge is 2.35. The molecule has 3 saturated heterocycles. The van der Waals surface area contributed by atoms with Crippen LogP contribution in [0.5, 0.6) is 6.01 Å². The van der Waals surface area contributed by atoms with Gasteiger partial charge in [-0.25, -0.2) is 4.68 Å². The molecule has 2 unspecified atom stereocenters. The Kier molecular flexibility index (Phi) is 6.07. The summed E-state index contributed by atoms with van der Waals surface area (Å²) in [4.78, 5) is 14.1. The molecule has 2 atom stereocenters. The van der Waals surface area contributed by atoms with Crippen LogP contribution in [0.25, 0.3) is 16.7 Å². The van der Waals surface area contributed by atoms with Gasteiger partial charge in [-0.15, -0.1) is 0 Å². The van der Waals surface area contributed by atoms with Crippen molar-refractivity contribution in [2.75, 3.05) is 58.1 Å². The topological polar surface area (TPSA) is 77.8 Å². The van der Waals surface area contributed by atoms with Crippen LogP contribution in [-0.4, -0.2) is 89.9 Å². The molecule has 0 aliphatic carbocycles. The Morgan fingerprint density at radius 1 is 1.00 bits per heavy atom. The summed E-state index contributed by atoms with van der Waals surface area (Å²) in [6, 6.07) is 8.11. The number of benzene rings is 1. The Hall–Kier alpha value is -2.75. The Labute approximate surface area is 206 Å². The van der Waals surface area contributed by atoms with Crippen molar-refractivity contribution in [3.63, 3.8) is 0 Å². The van der Waals surface area contributed by atoms with E-state index in [9.17, 15) is 0 Å². The molecule has 3 aliphatic heterocycles. The lowest BCUT2D eigenvalue weighted by atomic mass is 9.82. The molecule has 9 nitrogen and oxygen atoms in total. The third kappa shape index (κ3) is 4.26. The monoisotopic (exact) mass is 478 g/mol. The first-order valence-corrected chi connectivity index (χ1v) is 12.7. The average molecular weight is 479 g/mol. The van der Waals surface area contributed by atoms with Gasteiger partial charge in [0.2, 0.25) is 0 Å². The number of ether oxygens (including phenoxy) is 3. The Morgan fingerprint density at radius 3 is 2.51 bits per heavy atom. The molecule has 0 radical (unpaired) electrons. The van der Waals surface area contributed by atoms with E-state index in [1.54, 1.807) is 7.11 Å². The van der Waals surface area contributed by atoms with Gasteiger partial charge in [-0.1, -0.05) is 0 Å². The van der Waals surface area contributed by atoms with Crippen molar-refractivity contribution in [2.45, 2.75) is 44.7 Å². The molecule has 5 heterocycles. The maximum absolute atomic E-state index is 5.51. The normalized spacial score (nSPS) is 24.0. The summed E-state index contributed by atoms with van der Waals surface area (Å²) in [6.07, 6.45) is 4.26. The third-order valence-electron chi connectivity index (χ3n) is 7.83. The summed E-state index contributed by atoms with van der Waals surface area (Å²) < 4.78 is 18.3. The minimum Gasteiger partial charge on any atom is -0.467 e. The van der Waals surface area contributed by atoms with E-state index in [-0.39, 0.29) is 0 Å². The van der Waals surface area contributed by atoms with Gasteiger partial charge < -0.3 is 19.1 Å². The van der Waals surface area contributed by atoms with Crippen molar-refractivity contribution in [1.82, 2.24) is 24.6 Å². The zero-order chi connectivity index (χ0) is 23.9. The van der Waals surface area contributed by atoms with Crippen LogP contribution in [0.2, 0.25) is 0 Å². The first-order chi connectivity index (χ1) is 17.1. The number of fused-ring (bicyclic) bond motifs is 1. The molecular formula is C26H34N6O3. The second-order valence-corrected chi connectivity index (χ2v) is 9.99. The molecule has 0 amide bonds. The number of rotatable bonds is 5. The van der Waals surface area contributed by atoms with Gasteiger partial charge in [0.1, 0.15) is 5.82 Å². The van der Waals surface area contributed by atoms with E-state index in [0.717, 1.165) is 55.4 Å². The molecule has 186 valence electrons. The molecule has 3 aliphatic rings. The van der Waals surface area contributed by atoms with Crippen LogP contribution in [0, 0.1) is 6.92 Å². The highest BCUT2D eigenvalue weighted by atomic mass is 16.5. The van der Waals surface area contributed by atoms with Crippen LogP contribution in [0.4, 0.5) is 5.82 Å². The Morgan fingerprint density at radius 2 is 1.80 bits per heavy atom. The van der Waals surface area contributed by atoms with Gasteiger partial charge in [0.25, 0.3) is 0 Å². The predicted molar refractivity (Wildman–Crippen MR) is 134 cm³/mol. The van der Waals surface area contributed by atoms with Crippen LogP contribution in [0.3, 0.4) is 0 Å². The second kappa shape index (κ2) is 9.37. The second-order valence-electron chi connectivity index (χ2n) is 9.99. The molecule has 6 rings (SSSR count). The van der Waals surface area contributed by atoms with E-state index in [1.165, 1.54) is 24.0 Å². The number of anilines is 1. The summed E-state index contributed by atoms with van der Waals surface area (Å²) in [6.45, 7) is 10.5. The molecule has 35 heavy (non-hydrogen) atoms. The van der Waals surface area contributed by atoms with Gasteiger partial charge in [0, 0.05) is 30.6 Å². The van der Waals surface area contributed by atoms with E-state index in [1.807, 2.05) is 16.9 Å². The van der Waals surface area contributed by atoms with Crippen molar-refractivity contribution in [3.8, 4) is 11.8 Å². The van der Waals surface area contributed by atoms with E-state index in [2.05, 4.69) is 45.7 Å². The molecule has 1 aromatic carbocycles. The Bertz CT molecular complexity index is 1200. The van der Waals surface area contributed by atoms with Crippen LogP contribution in [0.15, 0.2) is 24.4 Å². The molecular weight excluding hydrogens is 444 g/mol. The molecule has 0 saturated carbocycles. The number of nitrogens with zero attached hydrogens (tertiary/aromatic N) is 6. The van der Waals surface area contributed by atoms with Crippen molar-refractivity contribution < 1.29 is 14.2 Å². The van der Waals surface area contributed by atoms with Gasteiger partial charge in [-0.05, 0) is 62.4 Å². The van der Waals surface area contributed by atoms with Crippen LogP contribution in [0.1, 0.15) is 36.8 Å². The number of likely N-dealkylation sites (tertiary alicyclic amines) is 1. The van der Waals surface area contributed by atoms with Crippen molar-refractivity contribution in [3.05, 3.63) is 35.5 Å². The van der Waals surface area contributed by atoms with E-state index >= 15 is 0 Å². The highest BCUT2D eigenvalue weighted by Crippen LogP contribution is 2.37. The molecule has 0 spiro atoms. The molecule has 2 aromatic heterocycles. The van der Waals surface area contributed by atoms with E-state index in [0.29, 0.717) is 37.2 Å². The highest BCUT2D eigenvalue weighted by molar-refractivity contribution is 5.82. The lowest BCUT2D eigenvalue weighted by molar-refractivity contribution is -0.0862. The number of methoxy groups -OCH3 is 1. The molecule has 9 heteroatoms. The quantitative estimate of drug-likeness (QED) is 0.554. The fourth-order valence-electron chi connectivity index (χ4n) is 5.81. The predicted octanol–water partition coefficient (Wildman–Crippen LogP) is 2.94. The fourth-order valence-corrected chi connectivity index (χ4v) is 5.81. The van der Waals surface area contributed by atoms with Crippen LogP contribution in [-0.2, 0) is 9.47 Å². The Balaban J connectivity index is 1.34. The maximum atomic E-state index is 5.51. The number of hydrogen-bond donors (Lipinski definition) is 0. The summed E-state index contributed by atoms with van der Waals surface area (Å²) in [5, 5.41) is 5.85. The summed E-state index contributed by atoms with van der Waals surface area (Å²) in [7, 11) is 1.61. The lowest BCUT2D eigenvalue weighted by Crippen LogP contribution is -2.55. The molecule has 3 fully saturated rings. The first-order valence-electron chi connectivity index (χ1n) is 12.7. The first kappa shape index (κ1) is 22.7. The number of hydrogen-bond acceptors (Lipinski definition) is 8. The number of piperidine rings is 1. The number of morpholine rings is 1. The molecule has 3 aromatic rings. The average Bonchev–Trinajstić information content (AvgIpc) is 3.26. The fraction of sp³-hybridized carbons (Fsp3) is 0.577. The van der Waals surface area contributed by atoms with Gasteiger partial charge in [-0.2, -0.15) is 15.1 Å². The van der Waals surface area contributed by atoms with Crippen LogP contribution >= 0.6 is 0 Å². The van der Waals surface area contributed by atoms with Crippen molar-refractivity contribution in [1.29, 1.82) is 0 Å². The molecule has 0 bridgehead atoms. The standard InChI is InChI=1S/C26H34N6O3/c1-17-10-20-14-27-32(25-13-24(28-26(29-25)33-3)30-6-8-34-9-7-30)23(20)12-22(17)19-4-5-31(18(2)11-19)21-15-35-16-21/h10,12-14,18-19,21H,4-9,11,15-16H2,1-3H3. The van der Waals surface area contributed by atoms with Gasteiger partial charge in [0.05, 0.1) is 51.3 Å². The zero-order valence-corrected chi connectivity index (χ0v) is 20.8. The van der Waals surface area contributed by atoms with Gasteiger partial charge in [0.15, 0.2) is 5.82 Å². The largest absolute Gasteiger partial charge is 0.467 e. The summed E-state index contributed by atoms with van der Waals surface area (Å²) in [5.74, 6) is 2.10. The van der Waals surface area contributed by atoms with E-state index in [4.69, 9.17) is 19.3 Å². The van der Waals surface area contributed by atoms with Gasteiger partial charge in [-0.3, -0.25) is 4.90 Å². The van der Waals surface area contributed by atoms with Crippen molar-refractivity contribution in [2.24, 2.45) is 0 Å². The minimum atomic E-state index is 0.348. The van der Waals surface area contributed by atoms with Crippen molar-refractivity contribution >= 4 is 16.7 Å². The van der Waals surface area contributed by atoms with Crippen LogP contribution < -0.4 is 9.64 Å². The number of aryl methyl sites for hydroxylation is 1. The van der Waals surface area contributed by atoms with Gasteiger partial charge >= 0.3 is 6.01 Å². The number of aromatic nitrogens is 4. The lowest BCUT2D eigenvalue weighted by Gasteiger charge is -2.45. The SMILES string of the molecule is COc1nc(N2CCOCC2)cc(-n2ncc3cc(C)c(C4CCN(C5COC5)C(C)C4)cc32)n1. The minimum absolute atomic E-state index is 0.348.